The number of hydrogen-bond donors (Lipinski definition) is 0. The number of benzene rings is 9. The van der Waals surface area contributed by atoms with Crippen LogP contribution in [0.2, 0.25) is 11.5 Å². The maximum absolute atomic E-state index is 14.8. The van der Waals surface area contributed by atoms with E-state index in [2.05, 4.69) is 144 Å². The topological polar surface area (TPSA) is 43.9 Å². The summed E-state index contributed by atoms with van der Waals surface area (Å²) in [4.78, 5) is 9.77. The van der Waals surface area contributed by atoms with Gasteiger partial charge in [-0.15, -0.1) is 12.1 Å². The summed E-state index contributed by atoms with van der Waals surface area (Å²) in [6.45, 7) is -0.198. The first-order chi connectivity index (χ1) is 38.4. The molecule has 0 saturated heterocycles. The number of aryl methyl sites for hydroxylation is 2. The van der Waals surface area contributed by atoms with E-state index >= 15 is 0 Å². The van der Waals surface area contributed by atoms with Crippen molar-refractivity contribution in [3.8, 4) is 61.7 Å². The quantitative estimate of drug-likeness (QED) is 0.101. The number of fused-ring (bicyclic) bond motifs is 4. The van der Waals surface area contributed by atoms with Crippen LogP contribution >= 0.6 is 0 Å². The second-order valence-electron chi connectivity index (χ2n) is 19.6. The minimum absolute atomic E-state index is 0. The number of aromatic nitrogens is 3. The predicted molar refractivity (Wildman–Crippen MR) is 309 cm³/mol. The van der Waals surface area contributed by atoms with Gasteiger partial charge in [-0.2, -0.15) is 0 Å². The van der Waals surface area contributed by atoms with Crippen molar-refractivity contribution in [1.29, 1.82) is 0 Å². The summed E-state index contributed by atoms with van der Waals surface area (Å²) in [5.41, 5.74) is 13.3. The van der Waals surface area contributed by atoms with Gasteiger partial charge < -0.3 is 8.98 Å². The SMILES string of the molecule is [2H]C([2H])([2H])c1c[c-]c(-c2cc(CC(C)C)[c]([Ge]([CH3])([CH3])[c]3ccccc3)cn2)c(F)c1.[2H]C([2H])([2H])c1ccc(-c2c[c-]c(-c3nc4ccccc4n3-c3ccc(-c4ccccc4)cc3)c3oc4cc(-c5ccccc5)ccc4c23)cc1.[Ir]. The van der Waals surface area contributed by atoms with Crippen LogP contribution in [0.15, 0.2) is 217 Å². The second kappa shape index (κ2) is 21.8. The van der Waals surface area contributed by atoms with Gasteiger partial charge in [0.1, 0.15) is 5.58 Å². The minimum atomic E-state index is -2.58. The average molecular weight is 1220 g/mol. The molecule has 3 heterocycles. The van der Waals surface area contributed by atoms with Gasteiger partial charge in [-0.25, -0.2) is 0 Å². The van der Waals surface area contributed by atoms with Crippen molar-refractivity contribution in [3.05, 3.63) is 247 Å². The molecular formula is C68H56FGeIrN3O-2. The van der Waals surface area contributed by atoms with Gasteiger partial charge >= 0.3 is 169 Å². The maximum Gasteiger partial charge on any atom is 0.121 e. The van der Waals surface area contributed by atoms with Crippen LogP contribution in [0.3, 0.4) is 0 Å². The molecule has 7 heteroatoms. The predicted octanol–water partition coefficient (Wildman–Crippen LogP) is 16.7. The van der Waals surface area contributed by atoms with Crippen LogP contribution in [0.25, 0.3) is 94.7 Å². The first-order valence-electron chi connectivity index (χ1n) is 27.9. The van der Waals surface area contributed by atoms with Crippen LogP contribution in [0.5, 0.6) is 0 Å². The largest absolute Gasteiger partial charge is 0.500 e. The van der Waals surface area contributed by atoms with E-state index in [-0.39, 0.29) is 31.2 Å². The molecule has 0 spiro atoms. The molecule has 1 radical (unpaired) electrons. The van der Waals surface area contributed by atoms with E-state index in [1.165, 1.54) is 20.4 Å². The summed E-state index contributed by atoms with van der Waals surface area (Å²) < 4.78 is 72.4. The summed E-state index contributed by atoms with van der Waals surface area (Å²) in [7, 11) is 0. The van der Waals surface area contributed by atoms with E-state index in [0.717, 1.165) is 90.3 Å². The molecule has 12 rings (SSSR count). The van der Waals surface area contributed by atoms with Crippen molar-refractivity contribution in [2.75, 3.05) is 0 Å². The first kappa shape index (κ1) is 43.9. The van der Waals surface area contributed by atoms with Crippen molar-refractivity contribution in [3.63, 3.8) is 0 Å². The van der Waals surface area contributed by atoms with Crippen LogP contribution in [-0.2, 0) is 26.5 Å². The van der Waals surface area contributed by atoms with E-state index < -0.39 is 32.8 Å². The molecule has 75 heavy (non-hydrogen) atoms. The molecule has 0 aliphatic carbocycles. The van der Waals surface area contributed by atoms with Crippen LogP contribution in [0, 0.1) is 37.6 Å². The number of imidazole rings is 1. The van der Waals surface area contributed by atoms with Gasteiger partial charge in [-0.3, -0.25) is 4.98 Å². The Morgan fingerprint density at radius 1 is 0.640 bits per heavy atom. The van der Waals surface area contributed by atoms with Gasteiger partial charge in [0.2, 0.25) is 0 Å². The molecule has 4 nitrogen and oxygen atoms in total. The van der Waals surface area contributed by atoms with Crippen LogP contribution < -0.4 is 8.79 Å². The number of rotatable bonds is 10. The Labute approximate surface area is 464 Å². The zero-order chi connectivity index (χ0) is 55.9. The monoisotopic (exact) mass is 1220 g/mol. The normalized spacial score (nSPS) is 13.0. The molecule has 0 aliphatic heterocycles. The summed E-state index contributed by atoms with van der Waals surface area (Å²) in [6.07, 6.45) is 2.78. The van der Waals surface area contributed by atoms with Crippen LogP contribution in [0.1, 0.15) is 38.8 Å². The molecule has 0 bridgehead atoms. The molecule has 9 aromatic carbocycles. The first-order valence-corrected chi connectivity index (χ1v) is 31.2. The molecule has 0 saturated carbocycles. The summed E-state index contributed by atoms with van der Waals surface area (Å²) in [6, 6.07) is 74.0. The number of furan rings is 1. The van der Waals surface area contributed by atoms with E-state index in [4.69, 9.17) is 17.6 Å². The summed E-state index contributed by atoms with van der Waals surface area (Å²) in [5.74, 6) is 5.26. The molecule has 12 aromatic rings. The number of para-hydroxylation sites is 2. The third-order valence-corrected chi connectivity index (χ3v) is 21.3. The van der Waals surface area contributed by atoms with E-state index in [1.807, 2.05) is 91.1 Å². The molecule has 0 atom stereocenters. The van der Waals surface area contributed by atoms with E-state index in [9.17, 15) is 4.39 Å². The average Bonchev–Trinajstić information content (AvgIpc) is 4.05. The van der Waals surface area contributed by atoms with Crippen molar-refractivity contribution >= 4 is 55.0 Å². The standard InChI is InChI=1S/C44H29N2O.C24H27FGeN.Ir/c1-29-16-18-33(19-17-29)36-26-27-38(43-42(36)37-25-22-34(28-41(37)47-43)31-12-6-3-7-13-31)44-45-39-14-8-9-15-40(39)46(44)35-23-20-32(21-24-35)30-10-4-2-5-11-30;1-17(2)13-19-15-24(21-12-11-18(3)14-22(21)25)27-16-23(19)26(4,5)20-9-7-6-8-10-20;/h2-26,28H,1H3;6-11,14-17H,13H2,1-5H3;/q2*-1;/i1D3;3D3;. The number of halogens is 1. The van der Waals surface area contributed by atoms with Gasteiger partial charge in [0.25, 0.3) is 0 Å². The van der Waals surface area contributed by atoms with Crippen LogP contribution in [-0.4, -0.2) is 27.8 Å². The van der Waals surface area contributed by atoms with Crippen molar-refractivity contribution in [2.24, 2.45) is 5.92 Å². The Morgan fingerprint density at radius 3 is 1.93 bits per heavy atom. The van der Waals surface area contributed by atoms with Gasteiger partial charge in [-0.05, 0) is 64.8 Å². The molecule has 0 unspecified atom stereocenters. The fourth-order valence-corrected chi connectivity index (χ4v) is 15.7. The molecule has 0 aliphatic rings. The molecule has 3 aromatic heterocycles. The molecule has 371 valence electrons. The fourth-order valence-electron chi connectivity index (χ4n) is 10.0. The van der Waals surface area contributed by atoms with Crippen molar-refractivity contribution in [2.45, 2.75) is 45.5 Å². The summed E-state index contributed by atoms with van der Waals surface area (Å²) >= 11 is -2.58. The number of hydrogen-bond acceptors (Lipinski definition) is 3. The Kier molecular flexibility index (Phi) is 12.7. The zero-order valence-electron chi connectivity index (χ0n) is 48.0. The summed E-state index contributed by atoms with van der Waals surface area (Å²) in [5, 5.41) is 1.88. The maximum atomic E-state index is 14.8. The molecular weight excluding hydrogens is 1160 g/mol. The molecule has 0 N–H and O–H groups in total. The van der Waals surface area contributed by atoms with Crippen molar-refractivity contribution in [1.82, 2.24) is 14.5 Å². The Balaban J connectivity index is 0.000000204. The zero-order valence-corrected chi connectivity index (χ0v) is 46.4. The van der Waals surface area contributed by atoms with Gasteiger partial charge in [-0.1, -0.05) is 144 Å². The smallest absolute Gasteiger partial charge is 0.121 e. The van der Waals surface area contributed by atoms with Crippen LogP contribution in [0.4, 0.5) is 4.39 Å². The van der Waals surface area contributed by atoms with Gasteiger partial charge in [0, 0.05) is 35.3 Å². The van der Waals surface area contributed by atoms with Gasteiger partial charge in [0.15, 0.2) is 0 Å². The molecule has 0 fully saturated rings. The third kappa shape index (κ3) is 10.4. The van der Waals surface area contributed by atoms with E-state index in [0.29, 0.717) is 22.8 Å². The number of nitrogens with zero attached hydrogens (tertiary/aromatic N) is 3. The van der Waals surface area contributed by atoms with Crippen molar-refractivity contribution < 1.29 is 37.1 Å². The van der Waals surface area contributed by atoms with Gasteiger partial charge in [0.05, 0.1) is 22.4 Å². The number of pyridine rings is 1. The Morgan fingerprint density at radius 2 is 1.25 bits per heavy atom. The third-order valence-electron chi connectivity index (χ3n) is 13.8. The minimum Gasteiger partial charge on any atom is -0.500 e. The molecule has 0 amide bonds. The Bertz CT molecular complexity index is 4180. The second-order valence-corrected chi connectivity index (χ2v) is 28.8. The Hall–Kier alpha value is -7.48. The van der Waals surface area contributed by atoms with E-state index in [1.54, 1.807) is 12.1 Å². The fraction of sp³-hybridized carbons (Fsp3) is 0.118.